The maximum atomic E-state index is 12.8. The van der Waals surface area contributed by atoms with E-state index in [0.29, 0.717) is 19.6 Å². The molecular formula is C22H26N4O2. The van der Waals surface area contributed by atoms with Gasteiger partial charge in [-0.2, -0.15) is 0 Å². The molecule has 1 aromatic heterocycles. The molecule has 1 amide bonds. The highest BCUT2D eigenvalue weighted by Crippen LogP contribution is 2.48. The van der Waals surface area contributed by atoms with Gasteiger partial charge in [-0.25, -0.2) is 0 Å². The monoisotopic (exact) mass is 378 g/mol. The van der Waals surface area contributed by atoms with Crippen LogP contribution in [0.2, 0.25) is 0 Å². The lowest BCUT2D eigenvalue weighted by molar-refractivity contribution is -0.130. The van der Waals surface area contributed by atoms with Gasteiger partial charge in [0.1, 0.15) is 6.10 Å². The van der Waals surface area contributed by atoms with Gasteiger partial charge in [0.05, 0.1) is 36.3 Å². The van der Waals surface area contributed by atoms with Crippen LogP contribution >= 0.6 is 0 Å². The average molecular weight is 378 g/mol. The van der Waals surface area contributed by atoms with Gasteiger partial charge in [0, 0.05) is 25.7 Å². The van der Waals surface area contributed by atoms with Crippen molar-refractivity contribution in [1.82, 2.24) is 20.2 Å². The molecule has 1 N–H and O–H groups in total. The van der Waals surface area contributed by atoms with Crippen LogP contribution in [0.5, 0.6) is 0 Å². The van der Waals surface area contributed by atoms with E-state index in [2.05, 4.69) is 44.5 Å². The Morgan fingerprint density at radius 2 is 2.14 bits per heavy atom. The van der Waals surface area contributed by atoms with Gasteiger partial charge in [0.2, 0.25) is 5.91 Å². The standard InChI is InChI=1S/C22H26N4O2/c1-15-9-24-18(10-23-15)11-25-21(27)20-8-22(14-28-20)19-5-3-2-4-17(19)13-26(22)12-16-6-7-16/h2-5,9-10,16,20H,6-8,11-14H2,1H3,(H,25,27)/t20-,22-/m0/s1. The van der Waals surface area contributed by atoms with E-state index in [-0.39, 0.29) is 11.4 Å². The summed E-state index contributed by atoms with van der Waals surface area (Å²) in [4.78, 5) is 23.9. The summed E-state index contributed by atoms with van der Waals surface area (Å²) in [6.45, 7) is 4.92. The number of carbonyl (C=O) groups is 1. The van der Waals surface area contributed by atoms with E-state index in [1.807, 2.05) is 6.92 Å². The maximum absolute atomic E-state index is 12.8. The number of nitrogens with zero attached hydrogens (tertiary/aromatic N) is 3. The molecule has 2 atom stereocenters. The van der Waals surface area contributed by atoms with Crippen LogP contribution in [0.15, 0.2) is 36.7 Å². The van der Waals surface area contributed by atoms with Crippen LogP contribution in [0.25, 0.3) is 0 Å². The molecule has 3 aliphatic rings. The fourth-order valence-corrected chi connectivity index (χ4v) is 4.53. The second kappa shape index (κ2) is 6.94. The quantitative estimate of drug-likeness (QED) is 0.865. The summed E-state index contributed by atoms with van der Waals surface area (Å²) < 4.78 is 6.06. The second-order valence-electron chi connectivity index (χ2n) is 8.38. The number of aromatic nitrogens is 2. The molecule has 1 saturated carbocycles. The second-order valence-corrected chi connectivity index (χ2v) is 8.38. The molecule has 2 aromatic rings. The number of carbonyl (C=O) groups excluding carboxylic acids is 1. The van der Waals surface area contributed by atoms with Crippen molar-refractivity contribution in [2.45, 2.75) is 50.9 Å². The Morgan fingerprint density at radius 1 is 1.29 bits per heavy atom. The third kappa shape index (κ3) is 3.20. The van der Waals surface area contributed by atoms with Crippen LogP contribution in [0, 0.1) is 12.8 Å². The molecule has 28 heavy (non-hydrogen) atoms. The molecule has 2 fully saturated rings. The van der Waals surface area contributed by atoms with Gasteiger partial charge in [-0.1, -0.05) is 24.3 Å². The Hall–Kier alpha value is -2.31. The van der Waals surface area contributed by atoms with E-state index >= 15 is 0 Å². The Labute approximate surface area is 165 Å². The molecule has 1 spiro atoms. The number of rotatable bonds is 5. The van der Waals surface area contributed by atoms with Crippen LogP contribution < -0.4 is 5.32 Å². The lowest BCUT2D eigenvalue weighted by Crippen LogP contribution is -2.43. The molecule has 0 bridgehead atoms. The largest absolute Gasteiger partial charge is 0.366 e. The van der Waals surface area contributed by atoms with Crippen molar-refractivity contribution in [3.8, 4) is 0 Å². The summed E-state index contributed by atoms with van der Waals surface area (Å²) in [5.74, 6) is 0.745. The Morgan fingerprint density at radius 3 is 2.93 bits per heavy atom. The summed E-state index contributed by atoms with van der Waals surface area (Å²) in [6, 6.07) is 8.64. The van der Waals surface area contributed by atoms with E-state index in [1.165, 1.54) is 24.0 Å². The molecule has 1 saturated heterocycles. The Bertz CT molecular complexity index is 880. The van der Waals surface area contributed by atoms with Crippen molar-refractivity contribution in [3.63, 3.8) is 0 Å². The highest BCUT2D eigenvalue weighted by Gasteiger charge is 2.53. The van der Waals surface area contributed by atoms with Crippen molar-refractivity contribution in [3.05, 3.63) is 59.2 Å². The van der Waals surface area contributed by atoms with E-state index < -0.39 is 6.10 Å². The van der Waals surface area contributed by atoms with Crippen LogP contribution in [0.1, 0.15) is 41.8 Å². The number of hydrogen-bond acceptors (Lipinski definition) is 5. The summed E-state index contributed by atoms with van der Waals surface area (Å²) in [6.07, 6.45) is 6.36. The number of amides is 1. The molecule has 6 heteroatoms. The smallest absolute Gasteiger partial charge is 0.249 e. The van der Waals surface area contributed by atoms with Crippen molar-refractivity contribution in [2.24, 2.45) is 5.92 Å². The third-order valence-electron chi connectivity index (χ3n) is 6.28. The first kappa shape index (κ1) is 17.8. The van der Waals surface area contributed by atoms with Gasteiger partial charge >= 0.3 is 0 Å². The molecule has 5 rings (SSSR count). The topological polar surface area (TPSA) is 67.3 Å². The summed E-state index contributed by atoms with van der Waals surface area (Å²) >= 11 is 0. The molecule has 1 aliphatic carbocycles. The molecular weight excluding hydrogens is 352 g/mol. The van der Waals surface area contributed by atoms with Crippen LogP contribution in [-0.2, 0) is 28.2 Å². The van der Waals surface area contributed by atoms with Crippen molar-refractivity contribution in [2.75, 3.05) is 13.2 Å². The minimum Gasteiger partial charge on any atom is -0.366 e. The molecule has 3 heterocycles. The van der Waals surface area contributed by atoms with Gasteiger partial charge in [0.25, 0.3) is 0 Å². The van der Waals surface area contributed by atoms with E-state index in [0.717, 1.165) is 30.4 Å². The normalized spacial score (nSPS) is 26.5. The van der Waals surface area contributed by atoms with Gasteiger partial charge < -0.3 is 10.1 Å². The van der Waals surface area contributed by atoms with Gasteiger partial charge in [-0.15, -0.1) is 0 Å². The number of nitrogens with one attached hydrogen (secondary N) is 1. The third-order valence-corrected chi connectivity index (χ3v) is 6.28. The first-order valence-electron chi connectivity index (χ1n) is 10.1. The number of aryl methyl sites for hydroxylation is 1. The summed E-state index contributed by atoms with van der Waals surface area (Å²) in [5, 5.41) is 2.97. The van der Waals surface area contributed by atoms with E-state index in [1.54, 1.807) is 12.4 Å². The highest BCUT2D eigenvalue weighted by atomic mass is 16.5. The fraction of sp³-hybridized carbons (Fsp3) is 0.500. The van der Waals surface area contributed by atoms with Crippen molar-refractivity contribution in [1.29, 1.82) is 0 Å². The summed E-state index contributed by atoms with van der Waals surface area (Å²) in [5.41, 5.74) is 4.18. The first-order chi connectivity index (χ1) is 13.6. The van der Waals surface area contributed by atoms with Crippen molar-refractivity contribution < 1.29 is 9.53 Å². The highest BCUT2D eigenvalue weighted by molar-refractivity contribution is 5.81. The zero-order chi connectivity index (χ0) is 19.1. The van der Waals surface area contributed by atoms with Crippen LogP contribution in [0.3, 0.4) is 0 Å². The van der Waals surface area contributed by atoms with E-state index in [4.69, 9.17) is 4.74 Å². The predicted octanol–water partition coefficient (Wildman–Crippen LogP) is 2.31. The van der Waals surface area contributed by atoms with Gasteiger partial charge in [-0.3, -0.25) is 19.7 Å². The number of ether oxygens (including phenoxy) is 1. The molecule has 1 aromatic carbocycles. The van der Waals surface area contributed by atoms with Gasteiger partial charge in [-0.05, 0) is 36.8 Å². The Balaban J connectivity index is 1.30. The molecule has 0 radical (unpaired) electrons. The maximum Gasteiger partial charge on any atom is 0.249 e. The lowest BCUT2D eigenvalue weighted by atomic mass is 9.86. The number of benzene rings is 1. The molecule has 146 valence electrons. The van der Waals surface area contributed by atoms with Crippen LogP contribution in [-0.4, -0.2) is 40.0 Å². The van der Waals surface area contributed by atoms with Gasteiger partial charge in [0.15, 0.2) is 0 Å². The minimum atomic E-state index is -0.425. The fourth-order valence-electron chi connectivity index (χ4n) is 4.53. The first-order valence-corrected chi connectivity index (χ1v) is 10.1. The Kier molecular flexibility index (Phi) is 4.40. The van der Waals surface area contributed by atoms with Crippen LogP contribution in [0.4, 0.5) is 0 Å². The number of hydrogen-bond donors (Lipinski definition) is 1. The zero-order valence-electron chi connectivity index (χ0n) is 16.2. The molecule has 6 nitrogen and oxygen atoms in total. The average Bonchev–Trinajstić information content (AvgIpc) is 3.33. The predicted molar refractivity (Wildman–Crippen MR) is 104 cm³/mol. The SMILES string of the molecule is Cc1cnc(CNC(=O)[C@@H]2C[C@]3(CO2)c2ccccc2CN3CC2CC2)cn1. The number of fused-ring (bicyclic) bond motifs is 2. The van der Waals surface area contributed by atoms with E-state index in [9.17, 15) is 4.79 Å². The molecule has 0 unspecified atom stereocenters. The zero-order valence-corrected chi connectivity index (χ0v) is 16.2. The molecule has 2 aliphatic heterocycles. The van der Waals surface area contributed by atoms with Crippen molar-refractivity contribution >= 4 is 5.91 Å². The minimum absolute atomic E-state index is 0.0602. The lowest BCUT2D eigenvalue weighted by Gasteiger charge is -2.34. The summed E-state index contributed by atoms with van der Waals surface area (Å²) in [7, 11) is 0.